The monoisotopic (exact) mass is 372 g/mol. The number of fused-ring (bicyclic) bond motifs is 1. The molecule has 28 heavy (non-hydrogen) atoms. The summed E-state index contributed by atoms with van der Waals surface area (Å²) in [4.78, 5) is 16.9. The minimum absolute atomic E-state index is 0.0394. The molecule has 0 N–H and O–H groups in total. The number of hydrogen-bond acceptors (Lipinski definition) is 4. The van der Waals surface area contributed by atoms with Crippen LogP contribution in [0, 0.1) is 0 Å². The van der Waals surface area contributed by atoms with E-state index in [9.17, 15) is 4.79 Å². The molecule has 4 rings (SSSR count). The average molecular weight is 372 g/mol. The smallest absolute Gasteiger partial charge is 0.253 e. The van der Waals surface area contributed by atoms with Crippen molar-refractivity contribution < 1.29 is 4.79 Å². The van der Waals surface area contributed by atoms with Gasteiger partial charge in [-0.05, 0) is 48.2 Å². The summed E-state index contributed by atoms with van der Waals surface area (Å²) in [6.45, 7) is 0. The SMILES string of the molecule is CN(C)c1ccc(-c2cccc(C(=O)N(C)C3Cc4ccccc4C3)c2)nn1. The molecule has 0 saturated carbocycles. The molecule has 5 heteroatoms. The summed E-state index contributed by atoms with van der Waals surface area (Å²) >= 11 is 0. The summed E-state index contributed by atoms with van der Waals surface area (Å²) in [6, 6.07) is 20.1. The van der Waals surface area contributed by atoms with Gasteiger partial charge < -0.3 is 9.80 Å². The predicted octanol–water partition coefficient (Wildman–Crippen LogP) is 3.45. The molecule has 0 saturated heterocycles. The molecular formula is C23H24N4O. The minimum Gasteiger partial charge on any atom is -0.361 e. The van der Waals surface area contributed by atoms with Crippen molar-refractivity contribution in [2.45, 2.75) is 18.9 Å². The van der Waals surface area contributed by atoms with Crippen LogP contribution in [0.5, 0.6) is 0 Å². The van der Waals surface area contributed by atoms with E-state index in [-0.39, 0.29) is 11.9 Å². The molecule has 0 atom stereocenters. The van der Waals surface area contributed by atoms with E-state index in [4.69, 9.17) is 0 Å². The average Bonchev–Trinajstić information content (AvgIpc) is 3.17. The first-order valence-electron chi connectivity index (χ1n) is 9.48. The Morgan fingerprint density at radius 2 is 1.61 bits per heavy atom. The number of carbonyl (C=O) groups excluding carboxylic acids is 1. The first kappa shape index (κ1) is 18.2. The lowest BCUT2D eigenvalue weighted by Gasteiger charge is -2.24. The third-order valence-electron chi connectivity index (χ3n) is 5.41. The van der Waals surface area contributed by atoms with Gasteiger partial charge in [-0.15, -0.1) is 10.2 Å². The molecule has 3 aromatic rings. The zero-order valence-electron chi connectivity index (χ0n) is 16.5. The normalized spacial score (nSPS) is 13.2. The highest BCUT2D eigenvalue weighted by atomic mass is 16.2. The number of nitrogens with zero attached hydrogens (tertiary/aromatic N) is 4. The molecule has 1 aliphatic carbocycles. The fourth-order valence-electron chi connectivity index (χ4n) is 3.71. The van der Waals surface area contributed by atoms with Crippen molar-refractivity contribution in [2.24, 2.45) is 0 Å². The van der Waals surface area contributed by atoms with E-state index in [1.54, 1.807) is 0 Å². The fourth-order valence-corrected chi connectivity index (χ4v) is 3.71. The number of aromatic nitrogens is 2. The maximum absolute atomic E-state index is 13.1. The van der Waals surface area contributed by atoms with Gasteiger partial charge in [-0.1, -0.05) is 36.4 Å². The van der Waals surface area contributed by atoms with E-state index in [0.29, 0.717) is 5.56 Å². The van der Waals surface area contributed by atoms with Gasteiger partial charge in [0, 0.05) is 38.3 Å². The molecule has 1 aromatic heterocycles. The number of hydrogen-bond donors (Lipinski definition) is 0. The Kier molecular flexibility index (Phi) is 4.82. The number of rotatable bonds is 4. The van der Waals surface area contributed by atoms with Gasteiger partial charge in [0.05, 0.1) is 5.69 Å². The Bertz CT molecular complexity index is 972. The number of carbonyl (C=O) groups is 1. The Morgan fingerprint density at radius 3 is 2.21 bits per heavy atom. The molecule has 1 amide bonds. The van der Waals surface area contributed by atoms with E-state index in [1.165, 1.54) is 11.1 Å². The largest absolute Gasteiger partial charge is 0.361 e. The van der Waals surface area contributed by atoms with Crippen molar-refractivity contribution in [1.29, 1.82) is 0 Å². The standard InChI is InChI=1S/C23H24N4O/c1-26(2)22-12-11-21(24-25-22)18-9-6-10-19(13-18)23(28)27(3)20-14-16-7-4-5-8-17(16)15-20/h4-13,20H,14-15H2,1-3H3. The van der Waals surface area contributed by atoms with Crippen LogP contribution in [0.3, 0.4) is 0 Å². The van der Waals surface area contributed by atoms with Gasteiger partial charge in [0.1, 0.15) is 0 Å². The highest BCUT2D eigenvalue weighted by Gasteiger charge is 2.27. The van der Waals surface area contributed by atoms with Crippen LogP contribution in [-0.4, -0.2) is 48.2 Å². The fraction of sp³-hybridized carbons (Fsp3) is 0.261. The first-order valence-corrected chi connectivity index (χ1v) is 9.48. The molecule has 5 nitrogen and oxygen atoms in total. The topological polar surface area (TPSA) is 49.3 Å². The quantitative estimate of drug-likeness (QED) is 0.704. The van der Waals surface area contributed by atoms with Crippen LogP contribution >= 0.6 is 0 Å². The van der Waals surface area contributed by atoms with Gasteiger partial charge >= 0.3 is 0 Å². The summed E-state index contributed by atoms with van der Waals surface area (Å²) in [7, 11) is 5.76. The Balaban J connectivity index is 1.53. The van der Waals surface area contributed by atoms with Gasteiger partial charge in [0.15, 0.2) is 5.82 Å². The van der Waals surface area contributed by atoms with Crippen LogP contribution in [0.1, 0.15) is 21.5 Å². The van der Waals surface area contributed by atoms with Crippen molar-refractivity contribution in [3.05, 3.63) is 77.4 Å². The van der Waals surface area contributed by atoms with Crippen LogP contribution < -0.4 is 4.90 Å². The van der Waals surface area contributed by atoms with Crippen LogP contribution in [0.25, 0.3) is 11.3 Å². The van der Waals surface area contributed by atoms with Crippen molar-refractivity contribution in [3.8, 4) is 11.3 Å². The highest BCUT2D eigenvalue weighted by Crippen LogP contribution is 2.26. The van der Waals surface area contributed by atoms with E-state index in [2.05, 4.69) is 34.5 Å². The Labute approximate surface area is 165 Å². The predicted molar refractivity (Wildman–Crippen MR) is 112 cm³/mol. The number of anilines is 1. The van der Waals surface area contributed by atoms with E-state index in [0.717, 1.165) is 29.9 Å². The summed E-state index contributed by atoms with van der Waals surface area (Å²) < 4.78 is 0. The molecule has 0 fully saturated rings. The van der Waals surface area contributed by atoms with E-state index < -0.39 is 0 Å². The third-order valence-corrected chi connectivity index (χ3v) is 5.41. The second-order valence-corrected chi connectivity index (χ2v) is 7.50. The first-order chi connectivity index (χ1) is 13.5. The zero-order chi connectivity index (χ0) is 19.7. The number of benzene rings is 2. The summed E-state index contributed by atoms with van der Waals surface area (Å²) in [5, 5.41) is 8.53. The molecule has 2 aromatic carbocycles. The molecule has 0 bridgehead atoms. The number of amides is 1. The number of likely N-dealkylation sites (N-methyl/N-ethyl adjacent to an activating group) is 1. The molecule has 0 aliphatic heterocycles. The maximum atomic E-state index is 13.1. The molecule has 1 aliphatic rings. The minimum atomic E-state index is 0.0394. The molecule has 0 radical (unpaired) electrons. The van der Waals surface area contributed by atoms with Gasteiger partial charge in [-0.3, -0.25) is 4.79 Å². The Morgan fingerprint density at radius 1 is 0.893 bits per heavy atom. The van der Waals surface area contributed by atoms with Crippen molar-refractivity contribution in [2.75, 3.05) is 26.0 Å². The van der Waals surface area contributed by atoms with Crippen LogP contribution in [0.4, 0.5) is 5.82 Å². The highest BCUT2D eigenvalue weighted by molar-refractivity contribution is 5.95. The van der Waals surface area contributed by atoms with Crippen LogP contribution in [0.2, 0.25) is 0 Å². The van der Waals surface area contributed by atoms with E-state index in [1.807, 2.05) is 67.3 Å². The van der Waals surface area contributed by atoms with Gasteiger partial charge in [-0.2, -0.15) is 0 Å². The third kappa shape index (κ3) is 3.48. The molecule has 142 valence electrons. The van der Waals surface area contributed by atoms with Crippen molar-refractivity contribution in [3.63, 3.8) is 0 Å². The second kappa shape index (κ2) is 7.43. The van der Waals surface area contributed by atoms with Crippen LogP contribution in [-0.2, 0) is 12.8 Å². The molecule has 0 unspecified atom stereocenters. The molecular weight excluding hydrogens is 348 g/mol. The van der Waals surface area contributed by atoms with Crippen molar-refractivity contribution in [1.82, 2.24) is 15.1 Å². The maximum Gasteiger partial charge on any atom is 0.253 e. The molecule has 1 heterocycles. The van der Waals surface area contributed by atoms with Gasteiger partial charge in [0.2, 0.25) is 0 Å². The van der Waals surface area contributed by atoms with Crippen LogP contribution in [0.15, 0.2) is 60.7 Å². The van der Waals surface area contributed by atoms with Crippen molar-refractivity contribution >= 4 is 11.7 Å². The Hall–Kier alpha value is -3.21. The molecule has 0 spiro atoms. The van der Waals surface area contributed by atoms with E-state index >= 15 is 0 Å². The lowest BCUT2D eigenvalue weighted by Crippen LogP contribution is -2.37. The lowest BCUT2D eigenvalue weighted by atomic mass is 10.1. The summed E-state index contributed by atoms with van der Waals surface area (Å²) in [5.41, 5.74) is 5.02. The van der Waals surface area contributed by atoms with Gasteiger partial charge in [-0.25, -0.2) is 0 Å². The summed E-state index contributed by atoms with van der Waals surface area (Å²) in [5.74, 6) is 0.842. The lowest BCUT2D eigenvalue weighted by molar-refractivity contribution is 0.0738. The summed E-state index contributed by atoms with van der Waals surface area (Å²) in [6.07, 6.45) is 1.82. The zero-order valence-corrected chi connectivity index (χ0v) is 16.5. The van der Waals surface area contributed by atoms with Gasteiger partial charge in [0.25, 0.3) is 5.91 Å². The second-order valence-electron chi connectivity index (χ2n) is 7.50.